The minimum Gasteiger partial charge on any atom is -0.267 e. The number of hydrogen-bond acceptors (Lipinski definition) is 4. The molecule has 0 radical (unpaired) electrons. The number of amides is 1. The van der Waals surface area contributed by atoms with E-state index in [4.69, 9.17) is 11.6 Å². The molecule has 7 heteroatoms. The summed E-state index contributed by atoms with van der Waals surface area (Å²) in [6.07, 6.45) is 4.62. The lowest BCUT2D eigenvalue weighted by Crippen LogP contribution is -2.17. The van der Waals surface area contributed by atoms with Crippen molar-refractivity contribution in [3.63, 3.8) is 0 Å². The van der Waals surface area contributed by atoms with E-state index in [1.54, 1.807) is 24.5 Å². The second kappa shape index (κ2) is 6.08. The molecule has 2 aromatic heterocycles. The van der Waals surface area contributed by atoms with E-state index >= 15 is 0 Å². The zero-order valence-corrected chi connectivity index (χ0v) is 12.1. The van der Waals surface area contributed by atoms with Gasteiger partial charge in [-0.1, -0.05) is 11.6 Å². The molecule has 0 saturated heterocycles. The van der Waals surface area contributed by atoms with E-state index in [0.29, 0.717) is 9.90 Å². The highest BCUT2D eigenvalue weighted by Gasteiger charge is 2.04. The molecular formula is C11H7BrClN3OS. The molecule has 0 aliphatic heterocycles. The first-order valence-corrected chi connectivity index (χ1v) is 6.83. The molecule has 0 bridgehead atoms. The molecule has 0 aliphatic carbocycles. The molecule has 0 unspecified atom stereocenters. The molecule has 2 aromatic rings. The molecule has 1 amide bonds. The summed E-state index contributed by atoms with van der Waals surface area (Å²) < 4.78 is 1.42. The Kier molecular flexibility index (Phi) is 4.46. The minimum absolute atomic E-state index is 0.317. The summed E-state index contributed by atoms with van der Waals surface area (Å²) in [5.41, 5.74) is 2.85. The zero-order chi connectivity index (χ0) is 13.0. The number of carbonyl (C=O) groups is 1. The third kappa shape index (κ3) is 3.63. The fourth-order valence-electron chi connectivity index (χ4n) is 1.15. The monoisotopic (exact) mass is 343 g/mol. The number of hydrogen-bond donors (Lipinski definition) is 1. The average molecular weight is 345 g/mol. The molecule has 1 N–H and O–H groups in total. The first-order chi connectivity index (χ1) is 8.65. The summed E-state index contributed by atoms with van der Waals surface area (Å²) in [5, 5.41) is 3.85. The topological polar surface area (TPSA) is 54.4 Å². The highest BCUT2D eigenvalue weighted by Crippen LogP contribution is 2.19. The molecule has 18 heavy (non-hydrogen) atoms. The average Bonchev–Trinajstić information content (AvgIpc) is 2.75. The van der Waals surface area contributed by atoms with Crippen LogP contribution in [0.4, 0.5) is 0 Å². The second-order valence-corrected chi connectivity index (χ2v) is 5.90. The fraction of sp³-hybridized carbons (Fsp3) is 0. The number of nitrogens with one attached hydrogen (secondary N) is 1. The lowest BCUT2D eigenvalue weighted by atomic mass is 10.3. The number of halogens is 2. The van der Waals surface area contributed by atoms with Crippen molar-refractivity contribution in [3.8, 4) is 0 Å². The number of aromatic nitrogens is 1. The van der Waals surface area contributed by atoms with Crippen LogP contribution in [0.2, 0.25) is 4.34 Å². The molecule has 0 aliphatic rings. The van der Waals surface area contributed by atoms with Gasteiger partial charge in [-0.15, -0.1) is 11.3 Å². The quantitative estimate of drug-likeness (QED) is 0.686. The highest BCUT2D eigenvalue weighted by atomic mass is 79.9. The summed E-state index contributed by atoms with van der Waals surface area (Å²) in [4.78, 5) is 16.5. The maximum absolute atomic E-state index is 11.7. The summed E-state index contributed by atoms with van der Waals surface area (Å²) in [6.45, 7) is 0. The highest BCUT2D eigenvalue weighted by molar-refractivity contribution is 9.10. The smallest absolute Gasteiger partial charge is 0.267 e. The number of pyridine rings is 1. The van der Waals surface area contributed by atoms with E-state index < -0.39 is 0 Å². The Balaban J connectivity index is 1.98. The maximum atomic E-state index is 11.7. The Hall–Kier alpha value is -1.24. The standard InChI is InChI=1S/C11H7BrClN3OS/c12-8-3-7(4-14-5-8)11(17)16-15-6-9-1-2-10(13)18-9/h1-6H,(H,16,17)/b15-6+. The van der Waals surface area contributed by atoms with Crippen LogP contribution >= 0.6 is 38.9 Å². The van der Waals surface area contributed by atoms with Gasteiger partial charge in [0.1, 0.15) is 0 Å². The van der Waals surface area contributed by atoms with Crippen LogP contribution in [0.25, 0.3) is 0 Å². The van der Waals surface area contributed by atoms with Gasteiger partial charge in [-0.2, -0.15) is 5.10 Å². The van der Waals surface area contributed by atoms with E-state index in [2.05, 4.69) is 31.4 Å². The molecule has 2 heterocycles. The molecule has 92 valence electrons. The SMILES string of the molecule is O=C(N/N=C/c1ccc(Cl)s1)c1cncc(Br)c1. The van der Waals surface area contributed by atoms with E-state index in [1.165, 1.54) is 17.5 Å². The van der Waals surface area contributed by atoms with Crippen LogP contribution in [0.1, 0.15) is 15.2 Å². The third-order valence-electron chi connectivity index (χ3n) is 1.92. The number of carbonyl (C=O) groups excluding carboxylic acids is 1. The lowest BCUT2D eigenvalue weighted by molar-refractivity contribution is 0.0954. The summed E-state index contributed by atoms with van der Waals surface area (Å²) >= 11 is 10.4. The van der Waals surface area contributed by atoms with Gasteiger partial charge in [-0.05, 0) is 34.1 Å². The maximum Gasteiger partial charge on any atom is 0.272 e. The minimum atomic E-state index is -0.317. The van der Waals surface area contributed by atoms with Crippen molar-refractivity contribution < 1.29 is 4.79 Å². The fourth-order valence-corrected chi connectivity index (χ4v) is 2.45. The largest absolute Gasteiger partial charge is 0.272 e. The van der Waals surface area contributed by atoms with Crippen LogP contribution in [0.5, 0.6) is 0 Å². The first kappa shape index (κ1) is 13.2. The molecule has 0 atom stereocenters. The van der Waals surface area contributed by atoms with Gasteiger partial charge in [0.25, 0.3) is 5.91 Å². The normalized spacial score (nSPS) is 10.8. The summed E-state index contributed by atoms with van der Waals surface area (Å²) in [6, 6.07) is 5.26. The van der Waals surface area contributed by atoms with Crippen LogP contribution in [0.15, 0.2) is 40.2 Å². The van der Waals surface area contributed by atoms with Gasteiger partial charge in [-0.3, -0.25) is 9.78 Å². The van der Waals surface area contributed by atoms with Crippen LogP contribution in [0, 0.1) is 0 Å². The van der Waals surface area contributed by atoms with E-state index in [-0.39, 0.29) is 5.91 Å². The van der Waals surface area contributed by atoms with Gasteiger partial charge in [0, 0.05) is 21.7 Å². The first-order valence-electron chi connectivity index (χ1n) is 4.84. The molecule has 0 aromatic carbocycles. The molecule has 0 spiro atoms. The van der Waals surface area contributed by atoms with Crippen molar-refractivity contribution in [1.29, 1.82) is 0 Å². The Morgan fingerprint density at radius 3 is 3.00 bits per heavy atom. The Morgan fingerprint density at radius 1 is 1.50 bits per heavy atom. The molecule has 0 saturated carbocycles. The third-order valence-corrected chi connectivity index (χ3v) is 3.52. The van der Waals surface area contributed by atoms with Gasteiger partial charge >= 0.3 is 0 Å². The Labute approximate surface area is 121 Å². The van der Waals surface area contributed by atoms with Crippen molar-refractivity contribution in [1.82, 2.24) is 10.4 Å². The summed E-state index contributed by atoms with van der Waals surface area (Å²) in [7, 11) is 0. The Bertz CT molecular complexity index is 599. The van der Waals surface area contributed by atoms with Crippen LogP contribution in [0.3, 0.4) is 0 Å². The van der Waals surface area contributed by atoms with Crippen molar-refractivity contribution in [3.05, 3.63) is 49.8 Å². The number of nitrogens with zero attached hydrogens (tertiary/aromatic N) is 2. The zero-order valence-electron chi connectivity index (χ0n) is 8.93. The van der Waals surface area contributed by atoms with Gasteiger partial charge in [0.2, 0.25) is 0 Å². The second-order valence-electron chi connectivity index (χ2n) is 3.23. The van der Waals surface area contributed by atoms with Crippen molar-refractivity contribution in [2.45, 2.75) is 0 Å². The number of hydrazone groups is 1. The molecular weight excluding hydrogens is 338 g/mol. The molecule has 0 fully saturated rings. The summed E-state index contributed by atoms with van der Waals surface area (Å²) in [5.74, 6) is -0.317. The van der Waals surface area contributed by atoms with Crippen molar-refractivity contribution in [2.24, 2.45) is 5.10 Å². The van der Waals surface area contributed by atoms with E-state index in [9.17, 15) is 4.79 Å². The lowest BCUT2D eigenvalue weighted by Gasteiger charge is -1.98. The predicted octanol–water partition coefficient (Wildman–Crippen LogP) is 3.32. The van der Waals surface area contributed by atoms with Crippen LogP contribution in [-0.4, -0.2) is 17.1 Å². The van der Waals surface area contributed by atoms with E-state index in [1.807, 2.05) is 6.07 Å². The number of thiophene rings is 1. The van der Waals surface area contributed by atoms with Crippen LogP contribution in [-0.2, 0) is 0 Å². The van der Waals surface area contributed by atoms with Gasteiger partial charge in [0.05, 0.1) is 16.1 Å². The molecule has 4 nitrogen and oxygen atoms in total. The van der Waals surface area contributed by atoms with Gasteiger partial charge in [-0.25, -0.2) is 5.43 Å². The van der Waals surface area contributed by atoms with Crippen LogP contribution < -0.4 is 5.43 Å². The van der Waals surface area contributed by atoms with Crippen molar-refractivity contribution >= 4 is 51.0 Å². The van der Waals surface area contributed by atoms with Gasteiger partial charge < -0.3 is 0 Å². The molecule has 2 rings (SSSR count). The number of rotatable bonds is 3. The predicted molar refractivity (Wildman–Crippen MR) is 76.3 cm³/mol. The van der Waals surface area contributed by atoms with Gasteiger partial charge in [0.15, 0.2) is 0 Å². The van der Waals surface area contributed by atoms with Crippen molar-refractivity contribution in [2.75, 3.05) is 0 Å². The Morgan fingerprint density at radius 2 is 2.33 bits per heavy atom. The van der Waals surface area contributed by atoms with E-state index in [0.717, 1.165) is 9.35 Å².